The number of carbonyl (C=O) groups excluding carboxylic acids is 4. The molecule has 3 aromatic carbocycles. The number of benzene rings is 3. The van der Waals surface area contributed by atoms with Crippen molar-refractivity contribution in [1.29, 1.82) is 0 Å². The number of ether oxygens (including phenoxy) is 4. The second-order valence-electron chi connectivity index (χ2n) is 10.9. The second-order valence-corrected chi connectivity index (χ2v) is 10.9. The first-order valence-electron chi connectivity index (χ1n) is 14.8. The quantitative estimate of drug-likeness (QED) is 0.0851. The van der Waals surface area contributed by atoms with Crippen molar-refractivity contribution >= 4 is 23.9 Å². The van der Waals surface area contributed by atoms with Crippen molar-refractivity contribution in [2.75, 3.05) is 13.2 Å². The van der Waals surface area contributed by atoms with E-state index in [2.05, 4.69) is 13.2 Å². The second kappa shape index (κ2) is 16.8. The first-order chi connectivity index (χ1) is 21.4. The van der Waals surface area contributed by atoms with Crippen molar-refractivity contribution in [3.63, 3.8) is 0 Å². The Balaban J connectivity index is 1.47. The van der Waals surface area contributed by atoms with E-state index in [4.69, 9.17) is 18.9 Å². The number of aryl methyl sites for hydroxylation is 1. The van der Waals surface area contributed by atoms with Gasteiger partial charge >= 0.3 is 23.9 Å². The molecule has 0 aliphatic rings. The number of carbonyl (C=O) groups is 4. The van der Waals surface area contributed by atoms with Crippen molar-refractivity contribution in [2.45, 2.75) is 59.8 Å². The molecule has 0 spiro atoms. The molecule has 0 amide bonds. The van der Waals surface area contributed by atoms with Crippen molar-refractivity contribution < 1.29 is 38.1 Å². The summed E-state index contributed by atoms with van der Waals surface area (Å²) < 4.78 is 21.5. The monoisotopic (exact) mass is 612 g/mol. The van der Waals surface area contributed by atoms with Crippen molar-refractivity contribution in [3.8, 4) is 11.5 Å². The Hall–Kier alpha value is -4.98. The first-order valence-corrected chi connectivity index (χ1v) is 14.8. The van der Waals surface area contributed by atoms with Gasteiger partial charge in [-0.2, -0.15) is 0 Å². The first kappa shape index (κ1) is 34.5. The molecule has 3 aromatic rings. The van der Waals surface area contributed by atoms with Gasteiger partial charge in [-0.3, -0.25) is 9.59 Å². The van der Waals surface area contributed by atoms with E-state index in [1.165, 1.54) is 0 Å². The van der Waals surface area contributed by atoms with Crippen LogP contribution in [0.25, 0.3) is 0 Å². The Morgan fingerprint density at radius 2 is 0.933 bits per heavy atom. The third-order valence-corrected chi connectivity index (χ3v) is 7.04. The number of hydrogen-bond acceptors (Lipinski definition) is 8. The SMILES string of the molecule is C=C(C)C(=O)OCCCc1ccc(CC(=O)Oc2ccc(OC(=O)Cc3ccc(CCOC(=O)C(=C)C)cc3)c(C)c2C)cc1. The van der Waals surface area contributed by atoms with Crippen LogP contribution in [0.4, 0.5) is 0 Å². The molecule has 0 atom stereocenters. The van der Waals surface area contributed by atoms with Gasteiger partial charge in [-0.1, -0.05) is 61.7 Å². The Labute approximate surface area is 264 Å². The van der Waals surface area contributed by atoms with Gasteiger partial charge in [0, 0.05) is 17.6 Å². The molecule has 0 aliphatic heterocycles. The van der Waals surface area contributed by atoms with Crippen molar-refractivity contribution in [2.24, 2.45) is 0 Å². The fourth-order valence-electron chi connectivity index (χ4n) is 4.24. The van der Waals surface area contributed by atoms with Gasteiger partial charge in [-0.25, -0.2) is 9.59 Å². The maximum Gasteiger partial charge on any atom is 0.333 e. The lowest BCUT2D eigenvalue weighted by atomic mass is 10.1. The van der Waals surface area contributed by atoms with Gasteiger partial charge < -0.3 is 18.9 Å². The normalized spacial score (nSPS) is 10.5. The molecule has 0 saturated carbocycles. The average Bonchev–Trinajstić information content (AvgIpc) is 3.00. The molecular weight excluding hydrogens is 572 g/mol. The summed E-state index contributed by atoms with van der Waals surface area (Å²) in [6.07, 6.45) is 2.18. The van der Waals surface area contributed by atoms with Crippen LogP contribution in [0, 0.1) is 13.8 Å². The molecular formula is C37H40O8. The molecule has 236 valence electrons. The molecule has 0 saturated heterocycles. The Bertz CT molecular complexity index is 1550. The molecule has 0 radical (unpaired) electrons. The molecule has 0 aliphatic carbocycles. The van der Waals surface area contributed by atoms with Gasteiger partial charge in [0.2, 0.25) is 0 Å². The van der Waals surface area contributed by atoms with Gasteiger partial charge in [0.1, 0.15) is 11.5 Å². The van der Waals surface area contributed by atoms with E-state index in [9.17, 15) is 19.2 Å². The molecule has 0 N–H and O–H groups in total. The van der Waals surface area contributed by atoms with Gasteiger partial charge in [-0.15, -0.1) is 0 Å². The van der Waals surface area contributed by atoms with Crippen LogP contribution in [0.5, 0.6) is 11.5 Å². The van der Waals surface area contributed by atoms with E-state index >= 15 is 0 Å². The van der Waals surface area contributed by atoms with Crippen LogP contribution < -0.4 is 9.47 Å². The lowest BCUT2D eigenvalue weighted by Gasteiger charge is -2.14. The smallest absolute Gasteiger partial charge is 0.333 e. The largest absolute Gasteiger partial charge is 0.462 e. The zero-order chi connectivity index (χ0) is 32.9. The van der Waals surface area contributed by atoms with E-state index in [-0.39, 0.29) is 25.4 Å². The van der Waals surface area contributed by atoms with E-state index in [0.717, 1.165) is 28.7 Å². The molecule has 0 heterocycles. The third-order valence-electron chi connectivity index (χ3n) is 7.04. The summed E-state index contributed by atoms with van der Waals surface area (Å²) in [6.45, 7) is 14.5. The van der Waals surface area contributed by atoms with Gasteiger partial charge in [0.15, 0.2) is 0 Å². The summed E-state index contributed by atoms with van der Waals surface area (Å²) in [5.41, 5.74) is 5.80. The maximum atomic E-state index is 12.7. The highest BCUT2D eigenvalue weighted by Gasteiger charge is 2.15. The van der Waals surface area contributed by atoms with Crippen LogP contribution in [0.2, 0.25) is 0 Å². The minimum atomic E-state index is -0.415. The highest BCUT2D eigenvalue weighted by Crippen LogP contribution is 2.30. The Morgan fingerprint density at radius 3 is 1.36 bits per heavy atom. The molecule has 0 aromatic heterocycles. The van der Waals surface area contributed by atoms with Gasteiger partial charge in [0.25, 0.3) is 0 Å². The zero-order valence-electron chi connectivity index (χ0n) is 26.4. The molecule has 0 bridgehead atoms. The number of hydrogen-bond donors (Lipinski definition) is 0. The summed E-state index contributed by atoms with van der Waals surface area (Å²) in [4.78, 5) is 48.3. The molecule has 0 unspecified atom stereocenters. The highest BCUT2D eigenvalue weighted by molar-refractivity contribution is 5.87. The van der Waals surface area contributed by atoms with Gasteiger partial charge in [-0.05, 0) is 86.1 Å². The Morgan fingerprint density at radius 1 is 0.556 bits per heavy atom. The van der Waals surface area contributed by atoms with E-state index in [1.54, 1.807) is 26.0 Å². The number of esters is 4. The van der Waals surface area contributed by atoms with E-state index in [1.807, 2.05) is 62.4 Å². The van der Waals surface area contributed by atoms with Crippen LogP contribution in [0.3, 0.4) is 0 Å². The van der Waals surface area contributed by atoms with E-state index < -0.39 is 17.9 Å². The highest BCUT2D eigenvalue weighted by atomic mass is 16.5. The van der Waals surface area contributed by atoms with Crippen LogP contribution in [-0.4, -0.2) is 37.1 Å². The lowest BCUT2D eigenvalue weighted by Crippen LogP contribution is -2.14. The standard InChI is InChI=1S/C37H40O8/c1-24(2)36(40)42-20-7-8-28-9-13-30(14-10-28)22-34(38)44-32-17-18-33(27(6)26(32)5)45-35(39)23-31-15-11-29(12-16-31)19-21-43-37(41)25(3)4/h9-18H,1,3,7-8,19-23H2,2,4-6H3. The average molecular weight is 613 g/mol. The summed E-state index contributed by atoms with van der Waals surface area (Å²) in [5.74, 6) is -0.814. The molecule has 8 heteroatoms. The summed E-state index contributed by atoms with van der Waals surface area (Å²) in [6, 6.07) is 18.4. The van der Waals surface area contributed by atoms with Gasteiger partial charge in [0.05, 0.1) is 26.1 Å². The zero-order valence-corrected chi connectivity index (χ0v) is 26.4. The maximum absolute atomic E-state index is 12.7. The molecule has 45 heavy (non-hydrogen) atoms. The summed E-state index contributed by atoms with van der Waals surface area (Å²) in [5, 5.41) is 0. The fourth-order valence-corrected chi connectivity index (χ4v) is 4.24. The minimum Gasteiger partial charge on any atom is -0.462 e. The predicted molar refractivity (Wildman–Crippen MR) is 171 cm³/mol. The van der Waals surface area contributed by atoms with Crippen LogP contribution in [0.1, 0.15) is 53.6 Å². The van der Waals surface area contributed by atoms with Crippen molar-refractivity contribution in [3.05, 3.63) is 118 Å². The fraction of sp³-hybridized carbons (Fsp3) is 0.297. The molecule has 3 rings (SSSR count). The van der Waals surface area contributed by atoms with Crippen LogP contribution in [0.15, 0.2) is 85.0 Å². The Kier molecular flexibility index (Phi) is 12.8. The lowest BCUT2D eigenvalue weighted by molar-refractivity contribution is -0.139. The summed E-state index contributed by atoms with van der Waals surface area (Å²) in [7, 11) is 0. The van der Waals surface area contributed by atoms with E-state index in [0.29, 0.717) is 53.2 Å². The third kappa shape index (κ3) is 11.2. The molecule has 0 fully saturated rings. The van der Waals surface area contributed by atoms with Crippen LogP contribution in [-0.2, 0) is 54.3 Å². The van der Waals surface area contributed by atoms with Crippen LogP contribution >= 0.6 is 0 Å². The number of rotatable bonds is 15. The predicted octanol–water partition coefficient (Wildman–Crippen LogP) is 6.31. The van der Waals surface area contributed by atoms with Crippen molar-refractivity contribution in [1.82, 2.24) is 0 Å². The summed E-state index contributed by atoms with van der Waals surface area (Å²) >= 11 is 0. The minimum absolute atomic E-state index is 0.0847. The molecule has 8 nitrogen and oxygen atoms in total. The topological polar surface area (TPSA) is 105 Å².